The van der Waals surface area contributed by atoms with Crippen molar-refractivity contribution in [2.45, 2.75) is 71.4 Å². The summed E-state index contributed by atoms with van der Waals surface area (Å²) in [5.41, 5.74) is 0.512. The zero-order chi connectivity index (χ0) is 12.0. The van der Waals surface area contributed by atoms with E-state index >= 15 is 0 Å². The molecule has 0 aromatic rings. The summed E-state index contributed by atoms with van der Waals surface area (Å²) in [5, 5.41) is 3.65. The van der Waals surface area contributed by atoms with Gasteiger partial charge in [0.2, 0.25) is 0 Å². The van der Waals surface area contributed by atoms with E-state index in [0.29, 0.717) is 17.6 Å². The van der Waals surface area contributed by atoms with Crippen molar-refractivity contribution in [2.24, 2.45) is 5.41 Å². The van der Waals surface area contributed by atoms with Crippen LogP contribution in [0, 0.1) is 5.41 Å². The van der Waals surface area contributed by atoms with Gasteiger partial charge in [-0.1, -0.05) is 32.6 Å². The highest BCUT2D eigenvalue weighted by molar-refractivity contribution is 4.81. The second-order valence-corrected chi connectivity index (χ2v) is 5.84. The van der Waals surface area contributed by atoms with Gasteiger partial charge in [-0.3, -0.25) is 0 Å². The normalized spacial score (nSPS) is 24.8. The molecule has 1 saturated carbocycles. The molecule has 0 radical (unpaired) electrons. The number of rotatable bonds is 5. The molecule has 2 unspecified atom stereocenters. The first-order valence-electron chi connectivity index (χ1n) is 6.83. The van der Waals surface area contributed by atoms with Crippen molar-refractivity contribution < 1.29 is 4.74 Å². The molecule has 1 fully saturated rings. The molecule has 0 aromatic heterocycles. The highest BCUT2D eigenvalue weighted by Gasteiger charge is 2.26. The molecule has 0 bridgehead atoms. The van der Waals surface area contributed by atoms with Crippen LogP contribution in [0.1, 0.15) is 59.3 Å². The van der Waals surface area contributed by atoms with E-state index in [4.69, 9.17) is 4.74 Å². The highest BCUT2D eigenvalue weighted by atomic mass is 16.5. The molecule has 0 amide bonds. The molecule has 2 nitrogen and oxygen atoms in total. The number of ether oxygens (including phenoxy) is 1. The van der Waals surface area contributed by atoms with Crippen LogP contribution in [0.2, 0.25) is 0 Å². The summed E-state index contributed by atoms with van der Waals surface area (Å²) < 4.78 is 5.35. The fourth-order valence-corrected chi connectivity index (χ4v) is 2.54. The quantitative estimate of drug-likeness (QED) is 0.727. The molecule has 1 aliphatic carbocycles. The minimum atomic E-state index is 0.300. The minimum Gasteiger partial charge on any atom is -0.380 e. The van der Waals surface area contributed by atoms with Crippen LogP contribution in [0.5, 0.6) is 0 Å². The average molecular weight is 227 g/mol. The average Bonchev–Trinajstić information content (AvgIpc) is 2.50. The Balaban J connectivity index is 2.34. The molecule has 1 aliphatic rings. The molecule has 96 valence electrons. The molecular formula is C14H29NO. The van der Waals surface area contributed by atoms with Crippen LogP contribution in [-0.2, 0) is 4.74 Å². The lowest BCUT2D eigenvalue weighted by Gasteiger charge is -2.31. The van der Waals surface area contributed by atoms with E-state index in [1.165, 1.54) is 38.5 Å². The topological polar surface area (TPSA) is 21.3 Å². The van der Waals surface area contributed by atoms with E-state index in [1.807, 2.05) is 0 Å². The first-order chi connectivity index (χ1) is 7.57. The van der Waals surface area contributed by atoms with Gasteiger partial charge in [-0.05, 0) is 32.1 Å². The first-order valence-corrected chi connectivity index (χ1v) is 6.83. The van der Waals surface area contributed by atoms with Crippen LogP contribution >= 0.6 is 0 Å². The predicted octanol–water partition coefficient (Wildman–Crippen LogP) is 3.36. The lowest BCUT2D eigenvalue weighted by molar-refractivity contribution is 0.0828. The van der Waals surface area contributed by atoms with Crippen LogP contribution in [0.15, 0.2) is 0 Å². The number of methoxy groups -OCH3 is 1. The van der Waals surface area contributed by atoms with E-state index in [9.17, 15) is 0 Å². The summed E-state index contributed by atoms with van der Waals surface area (Å²) in [5.74, 6) is 0. The van der Waals surface area contributed by atoms with Crippen molar-refractivity contribution in [1.29, 1.82) is 0 Å². The van der Waals surface area contributed by atoms with Gasteiger partial charge >= 0.3 is 0 Å². The van der Waals surface area contributed by atoms with Crippen LogP contribution in [0.4, 0.5) is 0 Å². The Hall–Kier alpha value is -0.0800. The summed E-state index contributed by atoms with van der Waals surface area (Å²) in [4.78, 5) is 0. The van der Waals surface area contributed by atoms with Gasteiger partial charge in [0.05, 0.1) is 6.10 Å². The van der Waals surface area contributed by atoms with Gasteiger partial charge in [0.25, 0.3) is 0 Å². The van der Waals surface area contributed by atoms with Crippen molar-refractivity contribution >= 4 is 0 Å². The fraction of sp³-hybridized carbons (Fsp3) is 1.00. The molecule has 16 heavy (non-hydrogen) atoms. The lowest BCUT2D eigenvalue weighted by atomic mass is 9.82. The molecule has 0 aliphatic heterocycles. The Morgan fingerprint density at radius 3 is 2.19 bits per heavy atom. The summed E-state index contributed by atoms with van der Waals surface area (Å²) in [7, 11) is 1.79. The first kappa shape index (κ1) is 14.0. The smallest absolute Gasteiger partial charge is 0.0693 e. The Morgan fingerprint density at radius 2 is 1.69 bits per heavy atom. The summed E-state index contributed by atoms with van der Waals surface area (Å²) in [6.07, 6.45) is 8.74. The Morgan fingerprint density at radius 1 is 1.12 bits per heavy atom. The predicted molar refractivity (Wildman–Crippen MR) is 69.7 cm³/mol. The zero-order valence-corrected chi connectivity index (χ0v) is 11.5. The fourth-order valence-electron chi connectivity index (χ4n) is 2.54. The Bertz CT molecular complexity index is 185. The third-order valence-electron chi connectivity index (χ3n) is 4.24. The highest BCUT2D eigenvalue weighted by Crippen LogP contribution is 2.33. The van der Waals surface area contributed by atoms with E-state index < -0.39 is 0 Å². The van der Waals surface area contributed by atoms with Gasteiger partial charge < -0.3 is 10.1 Å². The van der Waals surface area contributed by atoms with Crippen LogP contribution in [0.3, 0.4) is 0 Å². The lowest BCUT2D eigenvalue weighted by Crippen LogP contribution is -2.42. The molecule has 2 heteroatoms. The maximum absolute atomic E-state index is 5.35. The van der Waals surface area contributed by atoms with Crippen molar-refractivity contribution in [2.75, 3.05) is 13.7 Å². The van der Waals surface area contributed by atoms with Crippen molar-refractivity contribution in [3.05, 3.63) is 0 Å². The Kier molecular flexibility index (Phi) is 5.77. The zero-order valence-electron chi connectivity index (χ0n) is 11.5. The maximum Gasteiger partial charge on any atom is 0.0693 e. The molecule has 2 atom stereocenters. The molecule has 1 N–H and O–H groups in total. The Labute approximate surface area is 101 Å². The molecule has 0 aromatic carbocycles. The molecule has 0 spiro atoms. The third-order valence-corrected chi connectivity index (χ3v) is 4.24. The van der Waals surface area contributed by atoms with E-state index in [-0.39, 0.29) is 0 Å². The second kappa shape index (κ2) is 6.61. The minimum absolute atomic E-state index is 0.300. The van der Waals surface area contributed by atoms with Crippen LogP contribution in [0.25, 0.3) is 0 Å². The van der Waals surface area contributed by atoms with E-state index in [1.54, 1.807) is 7.11 Å². The number of hydrogen-bond donors (Lipinski definition) is 1. The van der Waals surface area contributed by atoms with E-state index in [2.05, 4.69) is 26.1 Å². The standard InChI is InChI=1S/C14H29NO/c1-12(13(2)16-4)15-11-14(3)9-7-5-6-8-10-14/h12-13,15H,5-11H2,1-4H3. The van der Waals surface area contributed by atoms with E-state index in [0.717, 1.165) is 6.54 Å². The van der Waals surface area contributed by atoms with Gasteiger partial charge in [-0.2, -0.15) is 0 Å². The van der Waals surface area contributed by atoms with Crippen molar-refractivity contribution in [3.63, 3.8) is 0 Å². The van der Waals surface area contributed by atoms with Gasteiger partial charge in [0, 0.05) is 19.7 Å². The molecule has 0 saturated heterocycles. The maximum atomic E-state index is 5.35. The third kappa shape index (κ3) is 4.42. The number of nitrogens with one attached hydrogen (secondary N) is 1. The van der Waals surface area contributed by atoms with Crippen molar-refractivity contribution in [3.8, 4) is 0 Å². The summed E-state index contributed by atoms with van der Waals surface area (Å²) in [6, 6.07) is 0.449. The molecule has 0 heterocycles. The van der Waals surface area contributed by atoms with Gasteiger partial charge in [-0.15, -0.1) is 0 Å². The monoisotopic (exact) mass is 227 g/mol. The van der Waals surface area contributed by atoms with Crippen molar-refractivity contribution in [1.82, 2.24) is 5.32 Å². The number of hydrogen-bond acceptors (Lipinski definition) is 2. The summed E-state index contributed by atoms with van der Waals surface area (Å²) >= 11 is 0. The van der Waals surface area contributed by atoms with Crippen LogP contribution in [-0.4, -0.2) is 25.8 Å². The molecule has 1 rings (SSSR count). The summed E-state index contributed by atoms with van der Waals surface area (Å²) in [6.45, 7) is 7.93. The van der Waals surface area contributed by atoms with Crippen LogP contribution < -0.4 is 5.32 Å². The SMILES string of the molecule is COC(C)C(C)NCC1(C)CCCCCC1. The largest absolute Gasteiger partial charge is 0.380 e. The van der Waals surface area contributed by atoms with Gasteiger partial charge in [0.1, 0.15) is 0 Å². The second-order valence-electron chi connectivity index (χ2n) is 5.84. The van der Waals surface area contributed by atoms with Gasteiger partial charge in [-0.25, -0.2) is 0 Å². The van der Waals surface area contributed by atoms with Gasteiger partial charge in [0.15, 0.2) is 0 Å². The molecular weight excluding hydrogens is 198 g/mol.